The highest BCUT2D eigenvalue weighted by Gasteiger charge is 2.28. The minimum Gasteiger partial charge on any atom is -0.381 e. The molecule has 38 heavy (non-hydrogen) atoms. The van der Waals surface area contributed by atoms with Crippen LogP contribution >= 0.6 is 0 Å². The molecular formula is C32H31N3O3. The lowest BCUT2D eigenvalue weighted by Gasteiger charge is -2.24. The third-order valence-corrected chi connectivity index (χ3v) is 6.16. The molecule has 2 unspecified atom stereocenters. The molecule has 6 nitrogen and oxygen atoms in total. The summed E-state index contributed by atoms with van der Waals surface area (Å²) >= 11 is 0. The Kier molecular flexibility index (Phi) is 9.22. The topological polar surface area (TPSA) is 91.3 Å². The summed E-state index contributed by atoms with van der Waals surface area (Å²) in [6.07, 6.45) is 0.606. The van der Waals surface area contributed by atoms with Gasteiger partial charge in [-0.3, -0.25) is 9.59 Å². The van der Waals surface area contributed by atoms with Crippen LogP contribution in [-0.2, 0) is 11.2 Å². The van der Waals surface area contributed by atoms with Crippen molar-refractivity contribution in [1.82, 2.24) is 15.6 Å². The molecule has 0 saturated heterocycles. The Morgan fingerprint density at radius 2 is 1.61 bits per heavy atom. The van der Waals surface area contributed by atoms with E-state index in [2.05, 4.69) is 27.5 Å². The van der Waals surface area contributed by atoms with Crippen LogP contribution < -0.4 is 10.6 Å². The molecule has 0 aliphatic rings. The number of amides is 2. The average molecular weight is 506 g/mol. The van der Waals surface area contributed by atoms with E-state index in [0.29, 0.717) is 35.1 Å². The number of benzene rings is 3. The molecule has 0 spiro atoms. The van der Waals surface area contributed by atoms with Gasteiger partial charge in [-0.05, 0) is 48.6 Å². The van der Waals surface area contributed by atoms with Crippen LogP contribution in [0.3, 0.4) is 0 Å². The Balaban J connectivity index is 1.64. The van der Waals surface area contributed by atoms with E-state index in [9.17, 15) is 14.7 Å². The first-order valence-corrected chi connectivity index (χ1v) is 12.8. The number of aliphatic hydroxyl groups is 1. The van der Waals surface area contributed by atoms with Crippen molar-refractivity contribution < 1.29 is 14.7 Å². The van der Waals surface area contributed by atoms with Gasteiger partial charge in [-0.2, -0.15) is 0 Å². The molecule has 4 aromatic rings. The van der Waals surface area contributed by atoms with E-state index < -0.39 is 24.0 Å². The Labute approximate surface area is 223 Å². The molecule has 4 rings (SSSR count). The SMILES string of the molecule is CCCCNC(=O)C(O)C(Cc1ccccc1)NC(=O)c1cc(C#Cc2ccccc2)nc2ccccc12. The number of carbonyl (C=O) groups is 2. The van der Waals surface area contributed by atoms with E-state index in [0.717, 1.165) is 24.0 Å². The number of aliphatic hydroxyl groups excluding tert-OH is 1. The van der Waals surface area contributed by atoms with Gasteiger partial charge in [-0.15, -0.1) is 0 Å². The van der Waals surface area contributed by atoms with Gasteiger partial charge in [0.1, 0.15) is 5.69 Å². The monoisotopic (exact) mass is 505 g/mol. The van der Waals surface area contributed by atoms with E-state index in [1.165, 1.54) is 0 Å². The third kappa shape index (κ3) is 7.06. The second-order valence-corrected chi connectivity index (χ2v) is 9.05. The van der Waals surface area contributed by atoms with Crippen molar-refractivity contribution in [3.05, 3.63) is 113 Å². The average Bonchev–Trinajstić information content (AvgIpc) is 2.96. The Morgan fingerprint density at radius 1 is 0.921 bits per heavy atom. The second-order valence-electron chi connectivity index (χ2n) is 9.05. The number of carbonyl (C=O) groups excluding carboxylic acids is 2. The smallest absolute Gasteiger partial charge is 0.252 e. The van der Waals surface area contributed by atoms with Crippen LogP contribution in [0.1, 0.15) is 46.9 Å². The van der Waals surface area contributed by atoms with Crippen LogP contribution in [0.5, 0.6) is 0 Å². The predicted molar refractivity (Wildman–Crippen MR) is 149 cm³/mol. The summed E-state index contributed by atoms with van der Waals surface area (Å²) < 4.78 is 0. The number of pyridine rings is 1. The van der Waals surface area contributed by atoms with Gasteiger partial charge in [0.15, 0.2) is 6.10 Å². The molecule has 0 radical (unpaired) electrons. The number of hydrogen-bond acceptors (Lipinski definition) is 4. The summed E-state index contributed by atoms with van der Waals surface area (Å²) in [7, 11) is 0. The summed E-state index contributed by atoms with van der Waals surface area (Å²) in [5.41, 5.74) is 3.20. The molecule has 2 atom stereocenters. The van der Waals surface area contributed by atoms with Crippen molar-refractivity contribution in [2.75, 3.05) is 6.54 Å². The largest absolute Gasteiger partial charge is 0.381 e. The van der Waals surface area contributed by atoms with Crippen LogP contribution in [0.25, 0.3) is 10.9 Å². The van der Waals surface area contributed by atoms with Gasteiger partial charge in [0.05, 0.1) is 17.1 Å². The van der Waals surface area contributed by atoms with Crippen molar-refractivity contribution in [3.8, 4) is 11.8 Å². The molecule has 3 N–H and O–H groups in total. The molecule has 0 aliphatic carbocycles. The van der Waals surface area contributed by atoms with Crippen molar-refractivity contribution in [2.24, 2.45) is 0 Å². The zero-order valence-electron chi connectivity index (χ0n) is 21.4. The van der Waals surface area contributed by atoms with Crippen LogP contribution in [0.4, 0.5) is 0 Å². The molecule has 1 aromatic heterocycles. The lowest BCUT2D eigenvalue weighted by molar-refractivity contribution is -0.130. The highest BCUT2D eigenvalue weighted by atomic mass is 16.3. The van der Waals surface area contributed by atoms with E-state index in [-0.39, 0.29) is 0 Å². The Hall–Kier alpha value is -4.47. The number of aromatic nitrogens is 1. The minimum absolute atomic E-state index is 0.290. The summed E-state index contributed by atoms with van der Waals surface area (Å²) in [6.45, 7) is 2.50. The maximum absolute atomic E-state index is 13.6. The zero-order valence-corrected chi connectivity index (χ0v) is 21.4. The molecule has 0 aliphatic heterocycles. The lowest BCUT2D eigenvalue weighted by Crippen LogP contribution is -2.51. The number of rotatable bonds is 9. The molecule has 1 heterocycles. The predicted octanol–water partition coefficient (Wildman–Crippen LogP) is 4.25. The van der Waals surface area contributed by atoms with Gasteiger partial charge in [0, 0.05) is 17.5 Å². The van der Waals surface area contributed by atoms with Gasteiger partial charge in [0.25, 0.3) is 11.8 Å². The normalized spacial score (nSPS) is 12.2. The highest BCUT2D eigenvalue weighted by Crippen LogP contribution is 2.19. The molecular weight excluding hydrogens is 474 g/mol. The van der Waals surface area contributed by atoms with Gasteiger partial charge in [-0.25, -0.2) is 4.98 Å². The quantitative estimate of drug-likeness (QED) is 0.234. The lowest BCUT2D eigenvalue weighted by atomic mass is 9.99. The standard InChI is InChI=1S/C32H31N3O3/c1-2-3-20-33-32(38)30(36)29(21-24-14-8-5-9-15-24)35-31(37)27-22-25(19-18-23-12-6-4-7-13-23)34-28-17-11-10-16-26(27)28/h4-17,22,29-30,36H,2-3,20-21H2,1H3,(H,33,38)(H,35,37). The van der Waals surface area contributed by atoms with Gasteiger partial charge in [-0.1, -0.05) is 86.0 Å². The number of nitrogens with zero attached hydrogens (tertiary/aromatic N) is 1. The first-order valence-electron chi connectivity index (χ1n) is 12.8. The van der Waals surface area contributed by atoms with Crippen molar-refractivity contribution >= 4 is 22.7 Å². The van der Waals surface area contributed by atoms with Gasteiger partial charge >= 0.3 is 0 Å². The highest BCUT2D eigenvalue weighted by molar-refractivity contribution is 6.06. The summed E-state index contributed by atoms with van der Waals surface area (Å²) in [5, 5.41) is 17.3. The Morgan fingerprint density at radius 3 is 2.34 bits per heavy atom. The van der Waals surface area contributed by atoms with E-state index in [1.807, 2.05) is 91.9 Å². The number of unbranched alkanes of at least 4 members (excludes halogenated alkanes) is 1. The van der Waals surface area contributed by atoms with Crippen molar-refractivity contribution in [3.63, 3.8) is 0 Å². The van der Waals surface area contributed by atoms with Crippen LogP contribution in [-0.4, -0.2) is 40.6 Å². The fourth-order valence-corrected chi connectivity index (χ4v) is 4.12. The van der Waals surface area contributed by atoms with Crippen molar-refractivity contribution in [1.29, 1.82) is 0 Å². The maximum atomic E-state index is 13.6. The van der Waals surface area contributed by atoms with Crippen LogP contribution in [0.2, 0.25) is 0 Å². The molecule has 3 aromatic carbocycles. The van der Waals surface area contributed by atoms with E-state index in [4.69, 9.17) is 0 Å². The minimum atomic E-state index is -1.42. The van der Waals surface area contributed by atoms with Gasteiger partial charge in [0.2, 0.25) is 0 Å². The molecule has 2 amide bonds. The summed E-state index contributed by atoms with van der Waals surface area (Å²) in [6, 6.07) is 27.2. The first-order chi connectivity index (χ1) is 18.5. The number of hydrogen-bond donors (Lipinski definition) is 3. The molecule has 6 heteroatoms. The summed E-state index contributed by atoms with van der Waals surface area (Å²) in [4.78, 5) is 31.0. The third-order valence-electron chi connectivity index (χ3n) is 6.16. The molecule has 0 bridgehead atoms. The first kappa shape index (κ1) is 26.6. The maximum Gasteiger partial charge on any atom is 0.252 e. The van der Waals surface area contributed by atoms with Crippen molar-refractivity contribution in [2.45, 2.75) is 38.3 Å². The number of nitrogens with one attached hydrogen (secondary N) is 2. The zero-order chi connectivity index (χ0) is 26.7. The number of fused-ring (bicyclic) bond motifs is 1. The van der Waals surface area contributed by atoms with E-state index in [1.54, 1.807) is 6.07 Å². The fraction of sp³-hybridized carbons (Fsp3) is 0.219. The Bertz CT molecular complexity index is 1440. The van der Waals surface area contributed by atoms with E-state index >= 15 is 0 Å². The molecule has 0 fully saturated rings. The molecule has 0 saturated carbocycles. The summed E-state index contributed by atoms with van der Waals surface area (Å²) in [5.74, 6) is 5.23. The van der Waals surface area contributed by atoms with Gasteiger partial charge < -0.3 is 15.7 Å². The second kappa shape index (κ2) is 13.2. The van der Waals surface area contributed by atoms with Crippen LogP contribution in [0.15, 0.2) is 91.0 Å². The fourth-order valence-electron chi connectivity index (χ4n) is 4.12. The molecule has 192 valence electrons. The van der Waals surface area contributed by atoms with Crippen LogP contribution in [0, 0.1) is 11.8 Å². The number of para-hydroxylation sites is 1.